The highest BCUT2D eigenvalue weighted by atomic mass is 15.0. The van der Waals surface area contributed by atoms with E-state index in [2.05, 4.69) is 173 Å². The Bertz CT molecular complexity index is 3320. The van der Waals surface area contributed by atoms with Gasteiger partial charge in [0.05, 0.1) is 33.1 Å². The van der Waals surface area contributed by atoms with Crippen molar-refractivity contribution in [3.05, 3.63) is 182 Å². The molecule has 8 aromatic carbocycles. The van der Waals surface area contributed by atoms with Crippen LogP contribution in [0.1, 0.15) is 0 Å². The zero-order valence-electron chi connectivity index (χ0n) is 29.1. The quantitative estimate of drug-likeness (QED) is 0.185. The van der Waals surface area contributed by atoms with Crippen molar-refractivity contribution >= 4 is 71.2 Å². The molecule has 0 atom stereocenters. The first-order valence-corrected chi connectivity index (χ1v) is 18.4. The predicted octanol–water partition coefficient (Wildman–Crippen LogP) is 12.9. The number of hydrogen-bond donors (Lipinski definition) is 0. The Balaban J connectivity index is 1.07. The SMILES string of the molecule is c1ccc(-c2ccc3c4ccc(-c5ccccc5)cc4n(-c4ccc(-c5cc6c7ccccc7n7c8nc9ccccc9nc8c(c5)c67)cc4)c3c2)cc1. The van der Waals surface area contributed by atoms with Crippen LogP contribution < -0.4 is 0 Å². The summed E-state index contributed by atoms with van der Waals surface area (Å²) < 4.78 is 4.73. The predicted molar refractivity (Wildman–Crippen MR) is 225 cm³/mol. The van der Waals surface area contributed by atoms with Gasteiger partial charge in [0.2, 0.25) is 0 Å². The van der Waals surface area contributed by atoms with Crippen molar-refractivity contribution in [2.45, 2.75) is 0 Å². The van der Waals surface area contributed by atoms with Gasteiger partial charge in [0.1, 0.15) is 5.52 Å². The van der Waals surface area contributed by atoms with E-state index in [0.29, 0.717) is 0 Å². The summed E-state index contributed by atoms with van der Waals surface area (Å²) >= 11 is 0. The number of nitrogens with zero attached hydrogens (tertiary/aromatic N) is 4. The number of aromatic nitrogens is 4. The summed E-state index contributed by atoms with van der Waals surface area (Å²) in [6.07, 6.45) is 0. The van der Waals surface area contributed by atoms with E-state index in [-0.39, 0.29) is 0 Å². The molecule has 0 aliphatic carbocycles. The molecule has 54 heavy (non-hydrogen) atoms. The zero-order valence-corrected chi connectivity index (χ0v) is 29.1. The fraction of sp³-hybridized carbons (Fsp3) is 0. The van der Waals surface area contributed by atoms with Crippen molar-refractivity contribution in [2.75, 3.05) is 0 Å². The van der Waals surface area contributed by atoms with Gasteiger partial charge in [0.25, 0.3) is 0 Å². The average Bonchev–Trinajstić information content (AvgIpc) is 3.87. The Kier molecular flexibility index (Phi) is 6.02. The van der Waals surface area contributed by atoms with Gasteiger partial charge >= 0.3 is 0 Å². The molecule has 4 nitrogen and oxygen atoms in total. The van der Waals surface area contributed by atoms with Gasteiger partial charge in [-0.1, -0.05) is 127 Å². The molecule has 0 saturated heterocycles. The minimum atomic E-state index is 0.901. The lowest BCUT2D eigenvalue weighted by Crippen LogP contribution is -1.94. The molecule has 0 unspecified atom stereocenters. The van der Waals surface area contributed by atoms with E-state index in [9.17, 15) is 0 Å². The maximum Gasteiger partial charge on any atom is 0.165 e. The monoisotopic (exact) mass is 686 g/mol. The number of rotatable bonds is 4. The maximum atomic E-state index is 5.19. The molecule has 0 spiro atoms. The van der Waals surface area contributed by atoms with Gasteiger partial charge in [-0.2, -0.15) is 0 Å². The Hall–Kier alpha value is -7.30. The Labute approximate surface area is 310 Å². The highest BCUT2D eigenvalue weighted by molar-refractivity contribution is 6.23. The molecular formula is C50H30N4. The highest BCUT2D eigenvalue weighted by Gasteiger charge is 2.21. The fourth-order valence-electron chi connectivity index (χ4n) is 8.71. The van der Waals surface area contributed by atoms with E-state index < -0.39 is 0 Å². The second kappa shape index (κ2) is 11.1. The molecule has 0 N–H and O–H groups in total. The Morgan fingerprint density at radius 3 is 1.52 bits per heavy atom. The second-order valence-corrected chi connectivity index (χ2v) is 14.2. The molecule has 0 amide bonds. The molecule has 4 heterocycles. The van der Waals surface area contributed by atoms with E-state index in [4.69, 9.17) is 9.97 Å². The van der Waals surface area contributed by atoms with Crippen molar-refractivity contribution in [1.29, 1.82) is 0 Å². The first-order chi connectivity index (χ1) is 26.8. The summed E-state index contributed by atoms with van der Waals surface area (Å²) in [5.74, 6) is 0. The molecule has 12 aromatic rings. The number of fused-ring (bicyclic) bond motifs is 10. The van der Waals surface area contributed by atoms with Crippen molar-refractivity contribution < 1.29 is 0 Å². The van der Waals surface area contributed by atoms with Crippen LogP contribution in [-0.4, -0.2) is 18.9 Å². The summed E-state index contributed by atoms with van der Waals surface area (Å²) in [7, 11) is 0. The molecule has 0 fully saturated rings. The minimum absolute atomic E-state index is 0.901. The molecule has 4 aromatic heterocycles. The van der Waals surface area contributed by atoms with E-state index in [0.717, 1.165) is 49.9 Å². The maximum absolute atomic E-state index is 5.19. The molecule has 0 bridgehead atoms. The van der Waals surface area contributed by atoms with E-state index in [1.165, 1.54) is 60.3 Å². The van der Waals surface area contributed by atoms with Gasteiger partial charge in [-0.05, 0) is 88.0 Å². The van der Waals surface area contributed by atoms with Gasteiger partial charge < -0.3 is 4.57 Å². The van der Waals surface area contributed by atoms with Gasteiger partial charge in [-0.25, -0.2) is 9.97 Å². The third kappa shape index (κ3) is 4.19. The molecule has 4 heteroatoms. The average molecular weight is 687 g/mol. The smallest absolute Gasteiger partial charge is 0.165 e. The lowest BCUT2D eigenvalue weighted by atomic mass is 10.00. The van der Waals surface area contributed by atoms with Gasteiger partial charge in [0, 0.05) is 32.6 Å². The van der Waals surface area contributed by atoms with E-state index >= 15 is 0 Å². The van der Waals surface area contributed by atoms with Gasteiger partial charge in [0.15, 0.2) is 5.65 Å². The van der Waals surface area contributed by atoms with Crippen LogP contribution in [0.2, 0.25) is 0 Å². The van der Waals surface area contributed by atoms with Crippen molar-refractivity contribution in [2.24, 2.45) is 0 Å². The number of hydrogen-bond acceptors (Lipinski definition) is 2. The first kappa shape index (κ1) is 29.3. The van der Waals surface area contributed by atoms with E-state index in [1.54, 1.807) is 0 Å². The summed E-state index contributed by atoms with van der Waals surface area (Å²) in [4.78, 5) is 10.3. The third-order valence-corrected chi connectivity index (χ3v) is 11.2. The Morgan fingerprint density at radius 1 is 0.333 bits per heavy atom. The summed E-state index contributed by atoms with van der Waals surface area (Å²) in [6, 6.07) is 65.6. The Morgan fingerprint density at radius 2 is 0.852 bits per heavy atom. The van der Waals surface area contributed by atoms with Crippen LogP contribution >= 0.6 is 0 Å². The van der Waals surface area contributed by atoms with Crippen LogP contribution in [0.15, 0.2) is 182 Å². The van der Waals surface area contributed by atoms with Crippen molar-refractivity contribution in [3.8, 4) is 39.1 Å². The van der Waals surface area contributed by atoms with Crippen LogP contribution in [-0.2, 0) is 0 Å². The summed E-state index contributed by atoms with van der Waals surface area (Å²) in [5, 5.41) is 6.05. The lowest BCUT2D eigenvalue weighted by Gasteiger charge is -2.11. The molecule has 0 aliphatic rings. The number of benzene rings is 8. The molecular weight excluding hydrogens is 657 g/mol. The van der Waals surface area contributed by atoms with Crippen molar-refractivity contribution in [1.82, 2.24) is 18.9 Å². The third-order valence-electron chi connectivity index (χ3n) is 11.2. The topological polar surface area (TPSA) is 35.1 Å². The van der Waals surface area contributed by atoms with Crippen LogP contribution in [0.25, 0.3) is 110 Å². The highest BCUT2D eigenvalue weighted by Crippen LogP contribution is 2.42. The molecule has 0 radical (unpaired) electrons. The molecule has 250 valence electrons. The molecule has 0 aliphatic heterocycles. The fourth-order valence-corrected chi connectivity index (χ4v) is 8.71. The van der Waals surface area contributed by atoms with Gasteiger partial charge in [-0.3, -0.25) is 4.40 Å². The largest absolute Gasteiger partial charge is 0.309 e. The minimum Gasteiger partial charge on any atom is -0.309 e. The van der Waals surface area contributed by atoms with Gasteiger partial charge in [-0.15, -0.1) is 0 Å². The van der Waals surface area contributed by atoms with Crippen LogP contribution in [0.5, 0.6) is 0 Å². The van der Waals surface area contributed by atoms with E-state index in [1.807, 2.05) is 18.2 Å². The zero-order chi connectivity index (χ0) is 35.3. The molecule has 12 rings (SSSR count). The lowest BCUT2D eigenvalue weighted by molar-refractivity contribution is 1.18. The second-order valence-electron chi connectivity index (χ2n) is 14.2. The van der Waals surface area contributed by atoms with Crippen LogP contribution in [0.4, 0.5) is 0 Å². The molecule has 0 saturated carbocycles. The number of para-hydroxylation sites is 3. The summed E-state index contributed by atoms with van der Waals surface area (Å²) in [5.41, 5.74) is 16.6. The summed E-state index contributed by atoms with van der Waals surface area (Å²) in [6.45, 7) is 0. The van der Waals surface area contributed by atoms with Crippen LogP contribution in [0, 0.1) is 0 Å². The first-order valence-electron chi connectivity index (χ1n) is 18.4. The van der Waals surface area contributed by atoms with Crippen LogP contribution in [0.3, 0.4) is 0 Å². The van der Waals surface area contributed by atoms with Crippen molar-refractivity contribution in [3.63, 3.8) is 0 Å². The standard InChI is InChI=1S/C50H30N4/c1-3-11-31(12-4-1)34-21-25-39-40-26-22-35(32-13-5-2-6-14-32)30-47(40)53(46(39)29-34)37-23-19-33(20-24-37)36-27-41-38-15-7-10-18-45(38)54-49(41)42(28-36)48-50(54)52-44-17-9-8-16-43(44)51-48/h1-30H. The normalized spacial score (nSPS) is 12.1.